The standard InChI is InChI=1S/C12H15F11O3S.C5H5N/c13-8(14,6-4-2-1-3-5-7-9(15,16)17)10(18,19)11(20,21)12(22,23)27(24,25)26;1-2-4-6-5-3-1/h1-7H2,(H,24,25,26);1-5H. The van der Waals surface area contributed by atoms with Crippen molar-refractivity contribution in [2.45, 2.75) is 74.1 Å². The van der Waals surface area contributed by atoms with Crippen molar-refractivity contribution < 1.29 is 61.3 Å². The molecule has 0 aliphatic carbocycles. The van der Waals surface area contributed by atoms with Gasteiger partial charge in [0.25, 0.3) is 0 Å². The van der Waals surface area contributed by atoms with Gasteiger partial charge in [0.15, 0.2) is 0 Å². The minimum absolute atomic E-state index is 0.127. The van der Waals surface area contributed by atoms with E-state index in [9.17, 15) is 56.7 Å². The Morgan fingerprint density at radius 3 is 1.39 bits per heavy atom. The number of alkyl halides is 11. The highest BCUT2D eigenvalue weighted by atomic mass is 32.2. The molecule has 0 fully saturated rings. The molecule has 0 radical (unpaired) electrons. The largest absolute Gasteiger partial charge is 0.438 e. The van der Waals surface area contributed by atoms with Crippen LogP contribution < -0.4 is 0 Å². The molecule has 0 amide bonds. The van der Waals surface area contributed by atoms with Crippen molar-refractivity contribution in [1.29, 1.82) is 0 Å². The third-order valence-electron chi connectivity index (χ3n) is 4.06. The molecule has 1 aromatic rings. The lowest BCUT2D eigenvalue weighted by molar-refractivity contribution is -0.349. The van der Waals surface area contributed by atoms with Crippen LogP contribution in [0.1, 0.15) is 44.9 Å². The van der Waals surface area contributed by atoms with Crippen LogP contribution in [0, 0.1) is 0 Å². The van der Waals surface area contributed by atoms with Gasteiger partial charge in [0, 0.05) is 25.2 Å². The summed E-state index contributed by atoms with van der Waals surface area (Å²) in [6.45, 7) is 0. The van der Waals surface area contributed by atoms with Crippen molar-refractivity contribution >= 4 is 10.1 Å². The van der Waals surface area contributed by atoms with Gasteiger partial charge in [-0.15, -0.1) is 0 Å². The summed E-state index contributed by atoms with van der Waals surface area (Å²) in [7, 11) is -7.14. The molecule has 0 spiro atoms. The van der Waals surface area contributed by atoms with Gasteiger partial charge >= 0.3 is 39.3 Å². The molecule has 1 aromatic heterocycles. The zero-order valence-corrected chi connectivity index (χ0v) is 17.4. The molecule has 0 bridgehead atoms. The first-order valence-electron chi connectivity index (χ1n) is 9.11. The molecule has 4 nitrogen and oxygen atoms in total. The Kier molecular flexibility index (Phi) is 11.0. The maximum Gasteiger partial charge on any atom is 0.438 e. The Morgan fingerprint density at radius 1 is 0.636 bits per heavy atom. The van der Waals surface area contributed by atoms with Crippen LogP contribution in [0.5, 0.6) is 0 Å². The molecular formula is C17H20F11NO3S. The van der Waals surface area contributed by atoms with Crippen LogP contribution in [0.15, 0.2) is 30.6 Å². The predicted molar refractivity (Wildman–Crippen MR) is 93.9 cm³/mol. The maximum atomic E-state index is 13.4. The number of aromatic nitrogens is 1. The second-order valence-corrected chi connectivity index (χ2v) is 8.22. The fraction of sp³-hybridized carbons (Fsp3) is 0.706. The summed E-state index contributed by atoms with van der Waals surface area (Å²) in [4.78, 5) is 3.78. The topological polar surface area (TPSA) is 67.3 Å². The zero-order valence-electron chi connectivity index (χ0n) is 16.6. The van der Waals surface area contributed by atoms with Crippen molar-refractivity contribution in [3.05, 3.63) is 30.6 Å². The SMILES string of the molecule is O=S(=O)(O)C(F)(F)C(F)(F)C(F)(F)C(F)(F)CCCCCCCC(F)(F)F.c1ccncc1. The minimum Gasteiger partial charge on any atom is -0.281 e. The second kappa shape index (κ2) is 11.6. The van der Waals surface area contributed by atoms with Crippen LogP contribution in [0.4, 0.5) is 48.3 Å². The third kappa shape index (κ3) is 8.87. The maximum absolute atomic E-state index is 13.4. The van der Waals surface area contributed by atoms with Gasteiger partial charge in [0.2, 0.25) is 0 Å². The number of unbranched alkanes of at least 4 members (excludes halogenated alkanes) is 4. The molecule has 194 valence electrons. The molecule has 0 atom stereocenters. The monoisotopic (exact) mass is 527 g/mol. The quantitative estimate of drug-likeness (QED) is 0.197. The minimum atomic E-state index is -7.14. The normalized spacial score (nSPS) is 13.9. The van der Waals surface area contributed by atoms with E-state index in [4.69, 9.17) is 4.55 Å². The fourth-order valence-electron chi connectivity index (χ4n) is 2.25. The molecule has 0 unspecified atom stereocenters. The number of hydrogen-bond donors (Lipinski definition) is 1. The Balaban J connectivity index is 0.00000146. The van der Waals surface area contributed by atoms with Gasteiger partial charge in [0.05, 0.1) is 0 Å². The summed E-state index contributed by atoms with van der Waals surface area (Å²) in [5.41, 5.74) is 0. The van der Waals surface area contributed by atoms with Crippen molar-refractivity contribution in [3.8, 4) is 0 Å². The van der Waals surface area contributed by atoms with E-state index < -0.39 is 58.6 Å². The smallest absolute Gasteiger partial charge is 0.281 e. The molecule has 0 aliphatic rings. The highest BCUT2D eigenvalue weighted by molar-refractivity contribution is 7.87. The van der Waals surface area contributed by atoms with Crippen LogP contribution in [0.3, 0.4) is 0 Å². The van der Waals surface area contributed by atoms with Crippen molar-refractivity contribution in [1.82, 2.24) is 4.98 Å². The number of hydrogen-bond acceptors (Lipinski definition) is 3. The van der Waals surface area contributed by atoms with E-state index in [0.29, 0.717) is 0 Å². The van der Waals surface area contributed by atoms with Crippen LogP contribution in [0.2, 0.25) is 0 Å². The Hall–Kier alpha value is -1.71. The first kappa shape index (κ1) is 31.3. The van der Waals surface area contributed by atoms with Gasteiger partial charge in [-0.25, -0.2) is 0 Å². The first-order valence-corrected chi connectivity index (χ1v) is 10.5. The first-order chi connectivity index (χ1) is 14.7. The van der Waals surface area contributed by atoms with Crippen LogP contribution in [0.25, 0.3) is 0 Å². The van der Waals surface area contributed by atoms with E-state index in [1.807, 2.05) is 18.2 Å². The van der Waals surface area contributed by atoms with E-state index in [0.717, 1.165) is 0 Å². The highest BCUT2D eigenvalue weighted by Gasteiger charge is 2.84. The van der Waals surface area contributed by atoms with E-state index in [-0.39, 0.29) is 25.7 Å². The van der Waals surface area contributed by atoms with Gasteiger partial charge in [-0.1, -0.05) is 25.3 Å². The average Bonchev–Trinajstić information content (AvgIpc) is 2.66. The van der Waals surface area contributed by atoms with Crippen molar-refractivity contribution in [3.63, 3.8) is 0 Å². The molecule has 1 rings (SSSR count). The van der Waals surface area contributed by atoms with Gasteiger partial charge in [-0.2, -0.15) is 56.7 Å². The summed E-state index contributed by atoms with van der Waals surface area (Å²) >= 11 is 0. The molecule has 1 N–H and O–H groups in total. The number of pyridine rings is 1. The summed E-state index contributed by atoms with van der Waals surface area (Å²) in [5.74, 6) is -19.8. The van der Waals surface area contributed by atoms with Gasteiger partial charge in [0.1, 0.15) is 0 Å². The van der Waals surface area contributed by atoms with Gasteiger partial charge in [-0.05, 0) is 25.0 Å². The molecule has 0 aromatic carbocycles. The highest BCUT2D eigenvalue weighted by Crippen LogP contribution is 2.55. The molecule has 16 heteroatoms. The molecule has 1 heterocycles. The van der Waals surface area contributed by atoms with E-state index in [2.05, 4.69) is 4.98 Å². The summed E-state index contributed by atoms with van der Waals surface area (Å²) in [6, 6.07) is 5.72. The molecule has 0 saturated carbocycles. The molecule has 33 heavy (non-hydrogen) atoms. The zero-order chi connectivity index (χ0) is 26.2. The van der Waals surface area contributed by atoms with Crippen molar-refractivity contribution in [2.75, 3.05) is 0 Å². The average molecular weight is 527 g/mol. The van der Waals surface area contributed by atoms with E-state index in [1.54, 1.807) is 12.4 Å². The fourth-order valence-corrected chi connectivity index (χ4v) is 2.70. The molecule has 0 saturated heterocycles. The summed E-state index contributed by atoms with van der Waals surface area (Å²) in [6.07, 6.45) is -6.14. The number of nitrogens with zero attached hydrogens (tertiary/aromatic N) is 1. The van der Waals surface area contributed by atoms with Crippen LogP contribution >= 0.6 is 0 Å². The molecular weight excluding hydrogens is 507 g/mol. The van der Waals surface area contributed by atoms with Crippen molar-refractivity contribution in [2.24, 2.45) is 0 Å². The predicted octanol–water partition coefficient (Wildman–Crippen LogP) is 6.75. The lowest BCUT2D eigenvalue weighted by Gasteiger charge is -2.35. The number of rotatable bonds is 11. The van der Waals surface area contributed by atoms with E-state index in [1.165, 1.54) is 0 Å². The Bertz CT molecular complexity index is 773. The van der Waals surface area contributed by atoms with Crippen LogP contribution in [-0.2, 0) is 10.1 Å². The Morgan fingerprint density at radius 2 is 1.06 bits per heavy atom. The second-order valence-electron chi connectivity index (χ2n) is 6.75. The van der Waals surface area contributed by atoms with Crippen LogP contribution in [-0.4, -0.2) is 47.2 Å². The number of halogens is 11. The van der Waals surface area contributed by atoms with E-state index >= 15 is 0 Å². The lowest BCUT2D eigenvalue weighted by Crippen LogP contribution is -2.64. The third-order valence-corrected chi connectivity index (χ3v) is 4.97. The molecule has 0 aliphatic heterocycles. The summed E-state index contributed by atoms with van der Waals surface area (Å²) in [5, 5.41) is -6.88. The Labute approximate surface area is 181 Å². The summed E-state index contributed by atoms with van der Waals surface area (Å²) < 4.78 is 169. The lowest BCUT2D eigenvalue weighted by atomic mass is 9.98. The van der Waals surface area contributed by atoms with Gasteiger partial charge in [-0.3, -0.25) is 9.54 Å². The van der Waals surface area contributed by atoms with Gasteiger partial charge < -0.3 is 0 Å².